The standard InChI is InChI=1S/C20H20ClN3O3S/c1-13-9-10-16(21)12-19(13)28(26,27)23-22-20(25)18-11-14(2)24(15(18)3)17-7-5-4-6-8-17/h4-12,23H,1-3H3,(H,22,25). The molecule has 0 bridgehead atoms. The van der Waals surface area contributed by atoms with Crippen LogP contribution in [0.2, 0.25) is 5.02 Å². The predicted molar refractivity (Wildman–Crippen MR) is 109 cm³/mol. The minimum Gasteiger partial charge on any atom is -0.318 e. The van der Waals surface area contributed by atoms with Crippen molar-refractivity contribution in [1.82, 2.24) is 14.8 Å². The SMILES string of the molecule is Cc1ccc(Cl)cc1S(=O)(=O)NNC(=O)c1cc(C)n(-c2ccccc2)c1C. The molecule has 0 aliphatic heterocycles. The van der Waals surface area contributed by atoms with Crippen LogP contribution in [-0.4, -0.2) is 18.9 Å². The van der Waals surface area contributed by atoms with Crippen LogP contribution < -0.4 is 10.3 Å². The molecule has 0 aliphatic carbocycles. The van der Waals surface area contributed by atoms with Gasteiger partial charge < -0.3 is 4.57 Å². The first-order chi connectivity index (χ1) is 13.2. The molecular formula is C20H20ClN3O3S. The summed E-state index contributed by atoms with van der Waals surface area (Å²) in [6.45, 7) is 5.35. The fourth-order valence-corrected chi connectivity index (χ4v) is 4.41. The van der Waals surface area contributed by atoms with E-state index < -0.39 is 15.9 Å². The third-order valence-electron chi connectivity index (χ3n) is 4.43. The molecule has 1 aromatic heterocycles. The smallest absolute Gasteiger partial charge is 0.268 e. The largest absolute Gasteiger partial charge is 0.318 e. The van der Waals surface area contributed by atoms with Gasteiger partial charge in [0.05, 0.1) is 10.5 Å². The summed E-state index contributed by atoms with van der Waals surface area (Å²) in [6, 6.07) is 15.9. The Labute approximate surface area is 169 Å². The van der Waals surface area contributed by atoms with E-state index in [9.17, 15) is 13.2 Å². The van der Waals surface area contributed by atoms with Gasteiger partial charge in [-0.25, -0.2) is 8.42 Å². The van der Waals surface area contributed by atoms with Crippen molar-refractivity contribution < 1.29 is 13.2 Å². The number of hydrogen-bond acceptors (Lipinski definition) is 3. The second-order valence-corrected chi connectivity index (χ2v) is 8.51. The zero-order valence-electron chi connectivity index (χ0n) is 15.7. The Morgan fingerprint density at radius 1 is 1.00 bits per heavy atom. The summed E-state index contributed by atoms with van der Waals surface area (Å²) in [5.74, 6) is -0.543. The van der Waals surface area contributed by atoms with E-state index in [2.05, 4.69) is 10.3 Å². The Morgan fingerprint density at radius 2 is 1.68 bits per heavy atom. The van der Waals surface area contributed by atoms with Crippen molar-refractivity contribution in [3.63, 3.8) is 0 Å². The number of carbonyl (C=O) groups excluding carboxylic acids is 1. The molecule has 0 unspecified atom stereocenters. The molecule has 2 aromatic carbocycles. The van der Waals surface area contributed by atoms with Crippen molar-refractivity contribution >= 4 is 27.5 Å². The first-order valence-electron chi connectivity index (χ1n) is 8.53. The molecule has 1 heterocycles. The van der Waals surface area contributed by atoms with Gasteiger partial charge in [0.15, 0.2) is 0 Å². The summed E-state index contributed by atoms with van der Waals surface area (Å²) < 4.78 is 27.0. The van der Waals surface area contributed by atoms with Crippen LogP contribution in [0.3, 0.4) is 0 Å². The van der Waals surface area contributed by atoms with E-state index in [4.69, 9.17) is 11.6 Å². The maximum atomic E-state index is 12.6. The molecular weight excluding hydrogens is 398 g/mol. The van der Waals surface area contributed by atoms with Crippen molar-refractivity contribution in [2.45, 2.75) is 25.7 Å². The average molecular weight is 418 g/mol. The number of halogens is 1. The number of aromatic nitrogens is 1. The van der Waals surface area contributed by atoms with Gasteiger partial charge in [0.2, 0.25) is 0 Å². The van der Waals surface area contributed by atoms with Gasteiger partial charge in [0.1, 0.15) is 0 Å². The Bertz CT molecular complexity index is 1140. The number of hydrogen-bond donors (Lipinski definition) is 2. The maximum absolute atomic E-state index is 12.6. The summed E-state index contributed by atoms with van der Waals surface area (Å²) in [4.78, 5) is 14.8. The summed E-state index contributed by atoms with van der Waals surface area (Å²) in [6.07, 6.45) is 0. The van der Waals surface area contributed by atoms with Crippen molar-refractivity contribution in [2.24, 2.45) is 0 Å². The number of aryl methyl sites for hydroxylation is 2. The van der Waals surface area contributed by atoms with E-state index in [0.29, 0.717) is 21.8 Å². The topological polar surface area (TPSA) is 80.2 Å². The lowest BCUT2D eigenvalue weighted by Crippen LogP contribution is -2.41. The molecule has 0 radical (unpaired) electrons. The molecule has 0 saturated heterocycles. The van der Waals surface area contributed by atoms with Crippen molar-refractivity contribution in [3.05, 3.63) is 82.1 Å². The number of nitrogens with one attached hydrogen (secondary N) is 2. The summed E-state index contributed by atoms with van der Waals surface area (Å²) in [7, 11) is -3.96. The van der Waals surface area contributed by atoms with E-state index in [1.54, 1.807) is 25.1 Å². The van der Waals surface area contributed by atoms with E-state index in [0.717, 1.165) is 11.4 Å². The molecule has 3 aromatic rings. The van der Waals surface area contributed by atoms with Gasteiger partial charge in [0.25, 0.3) is 15.9 Å². The van der Waals surface area contributed by atoms with Gasteiger partial charge in [-0.3, -0.25) is 10.2 Å². The molecule has 28 heavy (non-hydrogen) atoms. The molecule has 2 N–H and O–H groups in total. The highest BCUT2D eigenvalue weighted by molar-refractivity contribution is 7.89. The van der Waals surface area contributed by atoms with Crippen LogP contribution in [0.4, 0.5) is 0 Å². The Morgan fingerprint density at radius 3 is 2.36 bits per heavy atom. The lowest BCUT2D eigenvalue weighted by Gasteiger charge is -2.12. The molecule has 3 rings (SSSR count). The molecule has 0 fully saturated rings. The van der Waals surface area contributed by atoms with Crippen LogP contribution in [0, 0.1) is 20.8 Å². The van der Waals surface area contributed by atoms with Gasteiger partial charge in [-0.2, -0.15) is 0 Å². The van der Waals surface area contributed by atoms with Gasteiger partial charge in [0, 0.05) is 22.1 Å². The van der Waals surface area contributed by atoms with Crippen LogP contribution >= 0.6 is 11.6 Å². The minimum absolute atomic E-state index is 0.00931. The maximum Gasteiger partial charge on any atom is 0.268 e. The van der Waals surface area contributed by atoms with Crippen LogP contribution in [0.15, 0.2) is 59.5 Å². The van der Waals surface area contributed by atoms with Crippen LogP contribution in [0.1, 0.15) is 27.3 Å². The molecule has 0 atom stereocenters. The van der Waals surface area contributed by atoms with Crippen molar-refractivity contribution in [2.75, 3.05) is 0 Å². The molecule has 146 valence electrons. The van der Waals surface area contributed by atoms with Crippen LogP contribution in [0.25, 0.3) is 5.69 Å². The van der Waals surface area contributed by atoms with E-state index in [1.165, 1.54) is 6.07 Å². The van der Waals surface area contributed by atoms with Crippen LogP contribution in [0.5, 0.6) is 0 Å². The fourth-order valence-electron chi connectivity index (χ4n) is 3.07. The first-order valence-corrected chi connectivity index (χ1v) is 10.4. The van der Waals surface area contributed by atoms with Gasteiger partial charge in [-0.15, -0.1) is 4.83 Å². The lowest BCUT2D eigenvalue weighted by atomic mass is 10.2. The molecule has 1 amide bonds. The number of sulfonamides is 1. The molecule has 0 saturated carbocycles. The van der Waals surface area contributed by atoms with Crippen molar-refractivity contribution in [1.29, 1.82) is 0 Å². The summed E-state index contributed by atoms with van der Waals surface area (Å²) in [5.41, 5.74) is 5.68. The van der Waals surface area contributed by atoms with E-state index in [-0.39, 0.29) is 4.90 Å². The second-order valence-electron chi connectivity index (χ2n) is 6.43. The van der Waals surface area contributed by atoms with Gasteiger partial charge in [-0.05, 0) is 56.7 Å². The number of benzene rings is 2. The van der Waals surface area contributed by atoms with Crippen molar-refractivity contribution in [3.8, 4) is 5.69 Å². The number of carbonyl (C=O) groups is 1. The Hall–Kier alpha value is -2.61. The molecule has 0 aliphatic rings. The number of amides is 1. The Kier molecular flexibility index (Phi) is 5.60. The zero-order valence-corrected chi connectivity index (χ0v) is 17.2. The van der Waals surface area contributed by atoms with E-state index >= 15 is 0 Å². The highest BCUT2D eigenvalue weighted by Crippen LogP contribution is 2.21. The number of nitrogens with zero attached hydrogens (tertiary/aromatic N) is 1. The number of para-hydroxylation sites is 1. The Balaban J connectivity index is 1.84. The highest BCUT2D eigenvalue weighted by Gasteiger charge is 2.21. The van der Waals surface area contributed by atoms with Gasteiger partial charge in [-0.1, -0.05) is 35.9 Å². The quantitative estimate of drug-likeness (QED) is 0.621. The number of hydrazine groups is 1. The van der Waals surface area contributed by atoms with Gasteiger partial charge >= 0.3 is 0 Å². The number of rotatable bonds is 5. The zero-order chi connectivity index (χ0) is 20.5. The molecule has 0 spiro atoms. The lowest BCUT2D eigenvalue weighted by molar-refractivity contribution is 0.0944. The minimum atomic E-state index is -3.96. The fraction of sp³-hybridized carbons (Fsp3) is 0.150. The average Bonchev–Trinajstić information content (AvgIpc) is 2.96. The normalized spacial score (nSPS) is 11.4. The molecule has 6 nitrogen and oxygen atoms in total. The predicted octanol–water partition coefficient (Wildman–Crippen LogP) is 3.68. The summed E-state index contributed by atoms with van der Waals surface area (Å²) in [5, 5.41) is 0.295. The first kappa shape index (κ1) is 20.1. The third kappa shape index (κ3) is 3.96. The third-order valence-corrected chi connectivity index (χ3v) is 6.05. The summed E-state index contributed by atoms with van der Waals surface area (Å²) >= 11 is 5.90. The molecule has 8 heteroatoms. The van der Waals surface area contributed by atoms with Crippen LogP contribution in [-0.2, 0) is 10.0 Å². The highest BCUT2D eigenvalue weighted by atomic mass is 35.5. The second kappa shape index (κ2) is 7.79. The van der Waals surface area contributed by atoms with E-state index in [1.807, 2.05) is 48.7 Å². The monoisotopic (exact) mass is 417 g/mol.